The lowest BCUT2D eigenvalue weighted by Crippen LogP contribution is -2.44. The van der Waals surface area contributed by atoms with E-state index in [1.807, 2.05) is 12.1 Å². The second-order valence-electron chi connectivity index (χ2n) is 6.38. The zero-order valence-corrected chi connectivity index (χ0v) is 16.9. The number of hydrogen-bond acceptors (Lipinski definition) is 5. The first-order chi connectivity index (χ1) is 12.9. The Morgan fingerprint density at radius 1 is 1.19 bits per heavy atom. The summed E-state index contributed by atoms with van der Waals surface area (Å²) in [5, 5.41) is 12.7. The van der Waals surface area contributed by atoms with Gasteiger partial charge in [-0.25, -0.2) is 4.98 Å². The fraction of sp³-hybridized carbons (Fsp3) is 0.333. The van der Waals surface area contributed by atoms with Crippen molar-refractivity contribution in [1.29, 1.82) is 0 Å². The van der Waals surface area contributed by atoms with Gasteiger partial charge in [-0.15, -0.1) is 0 Å². The van der Waals surface area contributed by atoms with Gasteiger partial charge >= 0.3 is 0 Å². The maximum Gasteiger partial charge on any atom is 0.256 e. The maximum atomic E-state index is 12.4. The Hall–Kier alpha value is -1.73. The second kappa shape index (κ2) is 8.52. The molecule has 1 aliphatic rings. The zero-order valence-electron chi connectivity index (χ0n) is 14.7. The lowest BCUT2D eigenvalue weighted by atomic mass is 10.1. The predicted molar refractivity (Wildman–Crippen MR) is 108 cm³/mol. The third kappa shape index (κ3) is 4.58. The first-order valence-electron chi connectivity index (χ1n) is 8.40. The summed E-state index contributed by atoms with van der Waals surface area (Å²) in [5.74, 6) is -0.0439. The van der Waals surface area contributed by atoms with Crippen LogP contribution in [0.25, 0.3) is 0 Å². The molecule has 1 amide bonds. The highest BCUT2D eigenvalue weighted by molar-refractivity contribution is 6.45. The van der Waals surface area contributed by atoms with Crippen molar-refractivity contribution in [1.82, 2.24) is 15.2 Å². The number of nitrogens with one attached hydrogen (secondary N) is 1. The van der Waals surface area contributed by atoms with Crippen molar-refractivity contribution in [3.05, 3.63) is 50.6 Å². The number of carbonyl (C=O) groups is 1. The van der Waals surface area contributed by atoms with Crippen LogP contribution in [0.4, 0.5) is 5.82 Å². The van der Waals surface area contributed by atoms with Gasteiger partial charge in [-0.1, -0.05) is 40.9 Å². The van der Waals surface area contributed by atoms with E-state index in [9.17, 15) is 9.90 Å². The molecule has 0 saturated carbocycles. The van der Waals surface area contributed by atoms with E-state index in [0.717, 1.165) is 37.6 Å². The Kier molecular flexibility index (Phi) is 6.32. The molecule has 1 aromatic heterocycles. The van der Waals surface area contributed by atoms with E-state index in [2.05, 4.69) is 27.1 Å². The standard InChI is InChI=1S/C18H19Cl3N4O2/c1-24-4-6-25(7-5-24)14-3-2-11(9-22-14)10-23-18(27)15-16(21)12(19)8-13(20)17(15)26/h2-3,8-9,26H,4-7,10H2,1H3,(H,23,27). The number of nitrogens with zero attached hydrogens (tertiary/aromatic N) is 3. The fourth-order valence-corrected chi connectivity index (χ4v) is 3.50. The smallest absolute Gasteiger partial charge is 0.256 e. The molecule has 6 nitrogen and oxygen atoms in total. The van der Waals surface area contributed by atoms with E-state index in [0.29, 0.717) is 0 Å². The minimum atomic E-state index is -0.565. The molecule has 0 unspecified atom stereocenters. The Balaban J connectivity index is 1.65. The molecule has 0 atom stereocenters. The number of amides is 1. The monoisotopic (exact) mass is 428 g/mol. The SMILES string of the molecule is CN1CCN(c2ccc(CNC(=O)c3c(O)c(Cl)cc(Cl)c3Cl)cn2)CC1. The van der Waals surface area contributed by atoms with E-state index in [1.54, 1.807) is 6.20 Å². The minimum absolute atomic E-state index is 0.0345. The number of halogens is 3. The molecule has 0 aliphatic carbocycles. The molecule has 144 valence electrons. The molecular formula is C18H19Cl3N4O2. The normalized spacial score (nSPS) is 15.0. The van der Waals surface area contributed by atoms with Crippen LogP contribution in [0.2, 0.25) is 15.1 Å². The number of piperazine rings is 1. The third-order valence-electron chi connectivity index (χ3n) is 4.46. The largest absolute Gasteiger partial charge is 0.505 e. The minimum Gasteiger partial charge on any atom is -0.505 e. The molecule has 1 aliphatic heterocycles. The molecule has 1 saturated heterocycles. The van der Waals surface area contributed by atoms with Gasteiger partial charge in [-0.3, -0.25) is 4.79 Å². The maximum absolute atomic E-state index is 12.4. The summed E-state index contributed by atoms with van der Waals surface area (Å²) < 4.78 is 0. The van der Waals surface area contributed by atoms with Crippen LogP contribution in [-0.2, 0) is 6.54 Å². The summed E-state index contributed by atoms with van der Waals surface area (Å²) in [7, 11) is 2.10. The Morgan fingerprint density at radius 2 is 1.89 bits per heavy atom. The first kappa shape index (κ1) is 20.0. The summed E-state index contributed by atoms with van der Waals surface area (Å²) in [4.78, 5) is 21.4. The Bertz CT molecular complexity index is 811. The van der Waals surface area contributed by atoms with Crippen LogP contribution in [0.3, 0.4) is 0 Å². The summed E-state index contributed by atoms with van der Waals surface area (Å²) in [6, 6.07) is 5.14. The first-order valence-corrected chi connectivity index (χ1v) is 9.53. The Labute approximate surface area is 172 Å². The van der Waals surface area contributed by atoms with Gasteiger partial charge in [0.2, 0.25) is 0 Å². The van der Waals surface area contributed by atoms with E-state index >= 15 is 0 Å². The highest BCUT2D eigenvalue weighted by Crippen LogP contribution is 2.38. The van der Waals surface area contributed by atoms with Gasteiger partial charge in [0.15, 0.2) is 0 Å². The number of aromatic hydroxyl groups is 1. The molecule has 1 aromatic carbocycles. The quantitative estimate of drug-likeness (QED) is 0.729. The molecule has 3 rings (SSSR count). The lowest BCUT2D eigenvalue weighted by Gasteiger charge is -2.33. The van der Waals surface area contributed by atoms with Crippen LogP contribution in [0.1, 0.15) is 15.9 Å². The van der Waals surface area contributed by atoms with E-state index < -0.39 is 11.7 Å². The van der Waals surface area contributed by atoms with Crippen LogP contribution in [-0.4, -0.2) is 54.1 Å². The van der Waals surface area contributed by atoms with E-state index in [4.69, 9.17) is 34.8 Å². The number of hydrogen-bond donors (Lipinski definition) is 2. The number of aromatic nitrogens is 1. The van der Waals surface area contributed by atoms with Crippen LogP contribution < -0.4 is 10.2 Å². The number of likely N-dealkylation sites (N-methyl/N-ethyl adjacent to an activating group) is 1. The van der Waals surface area contributed by atoms with Crippen molar-refractivity contribution in [2.45, 2.75) is 6.54 Å². The van der Waals surface area contributed by atoms with Gasteiger partial charge in [0, 0.05) is 38.9 Å². The molecule has 2 aromatic rings. The number of carbonyl (C=O) groups excluding carboxylic acids is 1. The summed E-state index contributed by atoms with van der Waals surface area (Å²) in [5.41, 5.74) is 0.682. The molecule has 0 bridgehead atoms. The number of rotatable bonds is 4. The summed E-state index contributed by atoms with van der Waals surface area (Å²) in [6.45, 7) is 4.12. The van der Waals surface area contributed by atoms with Gasteiger partial charge in [0.25, 0.3) is 5.91 Å². The van der Waals surface area contributed by atoms with Gasteiger partial charge in [0.05, 0.1) is 15.1 Å². The highest BCUT2D eigenvalue weighted by atomic mass is 35.5. The van der Waals surface area contributed by atoms with E-state index in [-0.39, 0.29) is 27.2 Å². The van der Waals surface area contributed by atoms with E-state index in [1.165, 1.54) is 6.07 Å². The zero-order chi connectivity index (χ0) is 19.6. The van der Waals surface area contributed by atoms with Gasteiger partial charge in [-0.05, 0) is 24.7 Å². The number of phenols is 1. The van der Waals surface area contributed by atoms with Crippen molar-refractivity contribution >= 4 is 46.5 Å². The molecule has 2 N–H and O–H groups in total. The number of benzene rings is 1. The van der Waals surface area contributed by atoms with Crippen LogP contribution in [0.5, 0.6) is 5.75 Å². The average molecular weight is 430 g/mol. The fourth-order valence-electron chi connectivity index (χ4n) is 2.81. The molecule has 2 heterocycles. The number of phenolic OH excluding ortho intramolecular Hbond substituents is 1. The number of pyridine rings is 1. The van der Waals surface area contributed by atoms with Crippen molar-refractivity contribution in [2.75, 3.05) is 38.1 Å². The predicted octanol–water partition coefficient (Wildman–Crippen LogP) is 3.43. The molecular weight excluding hydrogens is 411 g/mol. The number of anilines is 1. The molecule has 1 fully saturated rings. The van der Waals surface area contributed by atoms with Gasteiger partial charge in [0.1, 0.15) is 17.1 Å². The summed E-state index contributed by atoms with van der Waals surface area (Å²) in [6.07, 6.45) is 1.72. The van der Waals surface area contributed by atoms with Crippen molar-refractivity contribution in [2.24, 2.45) is 0 Å². The van der Waals surface area contributed by atoms with Crippen molar-refractivity contribution < 1.29 is 9.90 Å². The Morgan fingerprint density at radius 3 is 2.52 bits per heavy atom. The molecule has 9 heteroatoms. The second-order valence-corrected chi connectivity index (χ2v) is 7.57. The molecule has 27 heavy (non-hydrogen) atoms. The van der Waals surface area contributed by atoms with Crippen molar-refractivity contribution in [3.8, 4) is 5.75 Å². The average Bonchev–Trinajstić information content (AvgIpc) is 2.66. The highest BCUT2D eigenvalue weighted by Gasteiger charge is 2.21. The van der Waals surface area contributed by atoms with Gasteiger partial charge in [-0.2, -0.15) is 0 Å². The van der Waals surface area contributed by atoms with Gasteiger partial charge < -0.3 is 20.2 Å². The molecule has 0 spiro atoms. The van der Waals surface area contributed by atoms with Crippen LogP contribution in [0.15, 0.2) is 24.4 Å². The lowest BCUT2D eigenvalue weighted by molar-refractivity contribution is 0.0948. The van der Waals surface area contributed by atoms with Crippen LogP contribution >= 0.6 is 34.8 Å². The summed E-state index contributed by atoms with van der Waals surface area (Å²) >= 11 is 17.8. The molecule has 0 radical (unpaired) electrons. The topological polar surface area (TPSA) is 68.7 Å². The van der Waals surface area contributed by atoms with Crippen molar-refractivity contribution in [3.63, 3.8) is 0 Å². The third-order valence-corrected chi connectivity index (χ3v) is 5.54. The van der Waals surface area contributed by atoms with Crippen LogP contribution in [0, 0.1) is 0 Å².